The van der Waals surface area contributed by atoms with E-state index in [4.69, 9.17) is 0 Å². The lowest BCUT2D eigenvalue weighted by atomic mass is 10.0. The van der Waals surface area contributed by atoms with Crippen molar-refractivity contribution < 1.29 is 9.18 Å². The van der Waals surface area contributed by atoms with Crippen LogP contribution in [0.5, 0.6) is 0 Å². The Hall–Kier alpha value is -2.24. The average molecular weight is 381 g/mol. The van der Waals surface area contributed by atoms with Crippen molar-refractivity contribution in [1.29, 1.82) is 0 Å². The number of rotatable bonds is 4. The molecule has 0 bridgehead atoms. The van der Waals surface area contributed by atoms with Gasteiger partial charge in [0.05, 0.1) is 0 Å². The third kappa shape index (κ3) is 4.59. The molecular formula is C23H28FN3O. The van der Waals surface area contributed by atoms with Crippen LogP contribution in [0.15, 0.2) is 54.6 Å². The van der Waals surface area contributed by atoms with Gasteiger partial charge < -0.3 is 4.90 Å². The van der Waals surface area contributed by atoms with Gasteiger partial charge >= 0.3 is 0 Å². The Bertz CT molecular complexity index is 781. The second kappa shape index (κ2) is 8.84. The van der Waals surface area contributed by atoms with Crippen LogP contribution < -0.4 is 0 Å². The molecule has 0 aromatic heterocycles. The van der Waals surface area contributed by atoms with Crippen molar-refractivity contribution in [3.8, 4) is 0 Å². The van der Waals surface area contributed by atoms with E-state index in [1.54, 1.807) is 12.1 Å². The summed E-state index contributed by atoms with van der Waals surface area (Å²) in [6.07, 6.45) is 2.00. The minimum Gasteiger partial charge on any atom is -0.339 e. The number of carbonyl (C=O) groups excluding carboxylic acids is 1. The maximum absolute atomic E-state index is 13.4. The summed E-state index contributed by atoms with van der Waals surface area (Å²) in [5, 5.41) is 0. The van der Waals surface area contributed by atoms with Gasteiger partial charge in [-0.3, -0.25) is 14.6 Å². The molecule has 0 radical (unpaired) electrons. The number of carbonyl (C=O) groups is 1. The number of benzene rings is 2. The summed E-state index contributed by atoms with van der Waals surface area (Å²) >= 11 is 0. The molecule has 0 saturated carbocycles. The summed E-state index contributed by atoms with van der Waals surface area (Å²) in [4.78, 5) is 19.6. The summed E-state index contributed by atoms with van der Waals surface area (Å²) in [6, 6.07) is 17.2. The van der Waals surface area contributed by atoms with Crippen LogP contribution in [0.4, 0.5) is 4.39 Å². The SMILES string of the molecule is O=C(c1cccc(F)c1)N1CCC(N2CCN(Cc3ccccc3)CC2)CC1. The van der Waals surface area contributed by atoms with Crippen molar-refractivity contribution in [3.63, 3.8) is 0 Å². The molecule has 0 aliphatic carbocycles. The molecule has 1 amide bonds. The number of halogens is 1. The highest BCUT2D eigenvalue weighted by molar-refractivity contribution is 5.94. The number of likely N-dealkylation sites (tertiary alicyclic amines) is 1. The van der Waals surface area contributed by atoms with Gasteiger partial charge in [0.25, 0.3) is 5.91 Å². The molecule has 2 heterocycles. The lowest BCUT2D eigenvalue weighted by Crippen LogP contribution is -2.53. The van der Waals surface area contributed by atoms with Gasteiger partial charge in [-0.25, -0.2) is 4.39 Å². The van der Waals surface area contributed by atoms with Gasteiger partial charge in [-0.05, 0) is 36.6 Å². The first-order chi connectivity index (χ1) is 13.7. The number of amides is 1. The van der Waals surface area contributed by atoms with Crippen molar-refractivity contribution in [1.82, 2.24) is 14.7 Å². The van der Waals surface area contributed by atoms with Crippen LogP contribution in [0.2, 0.25) is 0 Å². The highest BCUT2D eigenvalue weighted by atomic mass is 19.1. The zero-order valence-electron chi connectivity index (χ0n) is 16.3. The van der Waals surface area contributed by atoms with E-state index in [-0.39, 0.29) is 11.7 Å². The van der Waals surface area contributed by atoms with E-state index < -0.39 is 0 Å². The minimum atomic E-state index is -0.353. The minimum absolute atomic E-state index is 0.0503. The molecule has 0 unspecified atom stereocenters. The molecule has 5 heteroatoms. The van der Waals surface area contributed by atoms with Gasteiger partial charge in [0.15, 0.2) is 0 Å². The summed E-state index contributed by atoms with van der Waals surface area (Å²) in [6.45, 7) is 6.91. The van der Waals surface area contributed by atoms with Crippen LogP contribution in [-0.4, -0.2) is 65.9 Å². The topological polar surface area (TPSA) is 26.8 Å². The summed E-state index contributed by atoms with van der Waals surface area (Å²) in [5.74, 6) is -0.403. The molecule has 2 aromatic carbocycles. The Kier molecular flexibility index (Phi) is 6.03. The van der Waals surface area contributed by atoms with E-state index in [0.717, 1.165) is 58.7 Å². The molecule has 0 atom stereocenters. The highest BCUT2D eigenvalue weighted by Gasteiger charge is 2.29. The quantitative estimate of drug-likeness (QED) is 0.814. The van der Waals surface area contributed by atoms with Crippen LogP contribution >= 0.6 is 0 Å². The van der Waals surface area contributed by atoms with Crippen LogP contribution in [0.3, 0.4) is 0 Å². The third-order valence-electron chi connectivity index (χ3n) is 6.00. The second-order valence-corrected chi connectivity index (χ2v) is 7.83. The molecule has 2 fully saturated rings. The molecule has 2 aliphatic heterocycles. The second-order valence-electron chi connectivity index (χ2n) is 7.83. The predicted octanol–water partition coefficient (Wildman–Crippen LogP) is 3.25. The lowest BCUT2D eigenvalue weighted by molar-refractivity contribution is 0.0468. The smallest absolute Gasteiger partial charge is 0.253 e. The molecule has 28 heavy (non-hydrogen) atoms. The standard InChI is InChI=1S/C23H28FN3O/c24-21-8-4-7-20(17-21)23(28)27-11-9-22(10-12-27)26-15-13-25(14-16-26)18-19-5-2-1-3-6-19/h1-8,17,22H,9-16,18H2. The van der Waals surface area contributed by atoms with Crippen molar-refractivity contribution in [2.45, 2.75) is 25.4 Å². The van der Waals surface area contributed by atoms with Gasteiger partial charge in [-0.1, -0.05) is 36.4 Å². The van der Waals surface area contributed by atoms with Crippen molar-refractivity contribution in [3.05, 3.63) is 71.5 Å². The first kappa shape index (κ1) is 19.1. The van der Waals surface area contributed by atoms with E-state index in [1.165, 1.54) is 17.7 Å². The fourth-order valence-corrected chi connectivity index (χ4v) is 4.37. The molecule has 2 aliphatic rings. The van der Waals surface area contributed by atoms with Gasteiger partial charge in [-0.2, -0.15) is 0 Å². The van der Waals surface area contributed by atoms with E-state index in [1.807, 2.05) is 4.90 Å². The van der Waals surface area contributed by atoms with Gasteiger partial charge in [-0.15, -0.1) is 0 Å². The molecular weight excluding hydrogens is 353 g/mol. The van der Waals surface area contributed by atoms with E-state index in [0.29, 0.717) is 11.6 Å². The van der Waals surface area contributed by atoms with Crippen molar-refractivity contribution >= 4 is 5.91 Å². The van der Waals surface area contributed by atoms with Crippen LogP contribution in [0.25, 0.3) is 0 Å². The zero-order valence-corrected chi connectivity index (χ0v) is 16.3. The predicted molar refractivity (Wildman–Crippen MR) is 109 cm³/mol. The fourth-order valence-electron chi connectivity index (χ4n) is 4.37. The van der Waals surface area contributed by atoms with Crippen LogP contribution in [0, 0.1) is 5.82 Å². The largest absolute Gasteiger partial charge is 0.339 e. The van der Waals surface area contributed by atoms with E-state index >= 15 is 0 Å². The molecule has 148 valence electrons. The van der Waals surface area contributed by atoms with Crippen LogP contribution in [-0.2, 0) is 6.54 Å². The molecule has 2 saturated heterocycles. The zero-order chi connectivity index (χ0) is 19.3. The van der Waals surface area contributed by atoms with Gasteiger partial charge in [0.1, 0.15) is 5.82 Å². The number of piperidine rings is 1. The Morgan fingerprint density at radius 2 is 1.61 bits per heavy atom. The Morgan fingerprint density at radius 3 is 2.29 bits per heavy atom. The Labute approximate surface area is 166 Å². The number of hydrogen-bond acceptors (Lipinski definition) is 3. The lowest BCUT2D eigenvalue weighted by Gasteiger charge is -2.42. The van der Waals surface area contributed by atoms with E-state index in [2.05, 4.69) is 40.1 Å². The highest BCUT2D eigenvalue weighted by Crippen LogP contribution is 2.21. The average Bonchev–Trinajstić information content (AvgIpc) is 2.75. The molecule has 4 rings (SSSR count). The Balaban J connectivity index is 1.24. The number of piperazine rings is 1. The van der Waals surface area contributed by atoms with Crippen molar-refractivity contribution in [2.75, 3.05) is 39.3 Å². The number of hydrogen-bond donors (Lipinski definition) is 0. The summed E-state index contributed by atoms with van der Waals surface area (Å²) in [5.41, 5.74) is 1.83. The molecule has 0 N–H and O–H groups in total. The maximum atomic E-state index is 13.4. The summed E-state index contributed by atoms with van der Waals surface area (Å²) < 4.78 is 13.4. The van der Waals surface area contributed by atoms with Crippen LogP contribution in [0.1, 0.15) is 28.8 Å². The summed E-state index contributed by atoms with van der Waals surface area (Å²) in [7, 11) is 0. The Morgan fingerprint density at radius 1 is 0.893 bits per heavy atom. The monoisotopic (exact) mass is 381 g/mol. The first-order valence-electron chi connectivity index (χ1n) is 10.2. The molecule has 4 nitrogen and oxygen atoms in total. The first-order valence-corrected chi connectivity index (χ1v) is 10.2. The number of nitrogens with zero attached hydrogens (tertiary/aromatic N) is 3. The molecule has 0 spiro atoms. The third-order valence-corrected chi connectivity index (χ3v) is 6.00. The fraction of sp³-hybridized carbons (Fsp3) is 0.435. The normalized spacial score (nSPS) is 19.7. The van der Waals surface area contributed by atoms with E-state index in [9.17, 15) is 9.18 Å². The van der Waals surface area contributed by atoms with Gasteiger partial charge in [0.2, 0.25) is 0 Å². The van der Waals surface area contributed by atoms with Crippen molar-refractivity contribution in [2.24, 2.45) is 0 Å². The molecule has 2 aromatic rings. The van der Waals surface area contributed by atoms with Gasteiger partial charge in [0, 0.05) is 57.4 Å². The maximum Gasteiger partial charge on any atom is 0.253 e.